The number of carbonyl (C=O) groups is 1. The maximum Gasteiger partial charge on any atom is 0.258 e. The zero-order chi connectivity index (χ0) is 17.3. The second-order valence-corrected chi connectivity index (χ2v) is 7.33. The van der Waals surface area contributed by atoms with Crippen molar-refractivity contribution in [2.24, 2.45) is 7.05 Å². The van der Waals surface area contributed by atoms with Crippen LogP contribution in [0, 0.1) is 0 Å². The van der Waals surface area contributed by atoms with Crippen LogP contribution >= 0.6 is 0 Å². The molecule has 1 amide bonds. The molecule has 1 aliphatic rings. The number of carbonyl (C=O) groups excluding carboxylic acids is 1. The molecule has 2 aromatic rings. The minimum absolute atomic E-state index is 0.00513. The standard InChI is InChI=1S/C15H18N4O4S/c1-19-9-10(8-16-19)15(20)17-13-7-12(5-6-14(13)23-2)24(21,22)18-11-3-4-11/h5-9,11,18H,3-4H2,1-2H3,(H,17,20). The van der Waals surface area contributed by atoms with Gasteiger partial charge in [0.1, 0.15) is 5.75 Å². The molecule has 1 saturated carbocycles. The molecule has 0 radical (unpaired) electrons. The van der Waals surface area contributed by atoms with Crippen LogP contribution < -0.4 is 14.8 Å². The molecule has 24 heavy (non-hydrogen) atoms. The fraction of sp³-hybridized carbons (Fsp3) is 0.333. The summed E-state index contributed by atoms with van der Waals surface area (Å²) in [6.45, 7) is 0. The minimum atomic E-state index is -3.61. The lowest BCUT2D eigenvalue weighted by atomic mass is 10.2. The Labute approximate surface area is 139 Å². The average Bonchev–Trinajstić information content (AvgIpc) is 3.23. The monoisotopic (exact) mass is 350 g/mol. The van der Waals surface area contributed by atoms with E-state index in [4.69, 9.17) is 4.74 Å². The van der Waals surface area contributed by atoms with Crippen molar-refractivity contribution in [3.63, 3.8) is 0 Å². The molecule has 0 unspecified atom stereocenters. The highest BCUT2D eigenvalue weighted by Gasteiger charge is 2.28. The van der Waals surface area contributed by atoms with Gasteiger partial charge in [-0.25, -0.2) is 13.1 Å². The molecule has 1 heterocycles. The van der Waals surface area contributed by atoms with Gasteiger partial charge in [0.25, 0.3) is 5.91 Å². The predicted octanol–water partition coefficient (Wildman–Crippen LogP) is 1.12. The third kappa shape index (κ3) is 3.57. The maximum atomic E-state index is 12.3. The first kappa shape index (κ1) is 16.5. The molecule has 0 saturated heterocycles. The number of aromatic nitrogens is 2. The normalized spacial score (nSPS) is 14.4. The molecular weight excluding hydrogens is 332 g/mol. The summed E-state index contributed by atoms with van der Waals surface area (Å²) < 4.78 is 33.9. The summed E-state index contributed by atoms with van der Waals surface area (Å²) >= 11 is 0. The third-order valence-electron chi connectivity index (χ3n) is 3.60. The lowest BCUT2D eigenvalue weighted by Gasteiger charge is -2.12. The Bertz CT molecular complexity index is 871. The van der Waals surface area contributed by atoms with E-state index >= 15 is 0 Å². The van der Waals surface area contributed by atoms with Crippen LogP contribution in [-0.4, -0.2) is 37.3 Å². The van der Waals surface area contributed by atoms with Gasteiger partial charge < -0.3 is 10.1 Å². The molecule has 1 aliphatic carbocycles. The Morgan fingerprint density at radius 2 is 2.12 bits per heavy atom. The van der Waals surface area contributed by atoms with Crippen LogP contribution in [0.2, 0.25) is 0 Å². The van der Waals surface area contributed by atoms with Gasteiger partial charge >= 0.3 is 0 Å². The van der Waals surface area contributed by atoms with Gasteiger partial charge in [0.05, 0.1) is 29.5 Å². The first-order chi connectivity index (χ1) is 11.4. The highest BCUT2D eigenvalue weighted by Crippen LogP contribution is 2.29. The van der Waals surface area contributed by atoms with Gasteiger partial charge in [-0.3, -0.25) is 9.48 Å². The number of nitrogens with one attached hydrogen (secondary N) is 2. The smallest absolute Gasteiger partial charge is 0.258 e. The summed E-state index contributed by atoms with van der Waals surface area (Å²) in [5.74, 6) is -0.0243. The molecule has 9 heteroatoms. The number of aryl methyl sites for hydroxylation is 1. The molecule has 0 bridgehead atoms. The largest absolute Gasteiger partial charge is 0.495 e. The fourth-order valence-electron chi connectivity index (χ4n) is 2.17. The molecule has 0 spiro atoms. The lowest BCUT2D eigenvalue weighted by molar-refractivity contribution is 0.102. The molecule has 1 fully saturated rings. The Kier molecular flexibility index (Phi) is 4.29. The Balaban J connectivity index is 1.87. The highest BCUT2D eigenvalue weighted by atomic mass is 32.2. The topological polar surface area (TPSA) is 102 Å². The highest BCUT2D eigenvalue weighted by molar-refractivity contribution is 7.89. The zero-order valence-corrected chi connectivity index (χ0v) is 14.1. The van der Waals surface area contributed by atoms with Crippen LogP contribution in [0.3, 0.4) is 0 Å². The van der Waals surface area contributed by atoms with Crippen LogP contribution in [0.1, 0.15) is 23.2 Å². The van der Waals surface area contributed by atoms with Crippen molar-refractivity contribution in [1.82, 2.24) is 14.5 Å². The summed E-state index contributed by atoms with van der Waals surface area (Å²) in [5.41, 5.74) is 0.647. The number of benzene rings is 1. The third-order valence-corrected chi connectivity index (χ3v) is 5.11. The molecule has 2 N–H and O–H groups in total. The second-order valence-electron chi connectivity index (χ2n) is 5.61. The molecule has 1 aromatic carbocycles. The van der Waals surface area contributed by atoms with Crippen molar-refractivity contribution in [2.45, 2.75) is 23.8 Å². The fourth-order valence-corrected chi connectivity index (χ4v) is 3.50. The second kappa shape index (κ2) is 6.25. The summed E-state index contributed by atoms with van der Waals surface area (Å²) in [7, 11) is -0.462. The van der Waals surface area contributed by atoms with Crippen molar-refractivity contribution in [2.75, 3.05) is 12.4 Å². The summed E-state index contributed by atoms with van der Waals surface area (Å²) in [6.07, 6.45) is 4.69. The number of anilines is 1. The van der Waals surface area contributed by atoms with Gasteiger partial charge in [-0.15, -0.1) is 0 Å². The van der Waals surface area contributed by atoms with E-state index in [1.165, 1.54) is 36.2 Å². The quantitative estimate of drug-likeness (QED) is 0.813. The molecule has 8 nitrogen and oxygen atoms in total. The first-order valence-corrected chi connectivity index (χ1v) is 8.88. The number of hydrogen-bond acceptors (Lipinski definition) is 5. The van der Waals surface area contributed by atoms with Gasteiger partial charge in [0.2, 0.25) is 10.0 Å². The molecular formula is C15H18N4O4S. The van der Waals surface area contributed by atoms with Crippen molar-refractivity contribution in [3.8, 4) is 5.75 Å². The average molecular weight is 350 g/mol. The summed E-state index contributed by atoms with van der Waals surface area (Å²) in [4.78, 5) is 12.3. The summed E-state index contributed by atoms with van der Waals surface area (Å²) in [6, 6.07) is 4.35. The van der Waals surface area contributed by atoms with Crippen molar-refractivity contribution >= 4 is 21.6 Å². The van der Waals surface area contributed by atoms with Crippen molar-refractivity contribution < 1.29 is 17.9 Å². The van der Waals surface area contributed by atoms with Crippen molar-refractivity contribution in [3.05, 3.63) is 36.2 Å². The van der Waals surface area contributed by atoms with Crippen LogP contribution in [-0.2, 0) is 17.1 Å². The minimum Gasteiger partial charge on any atom is -0.495 e. The van der Waals surface area contributed by atoms with Crippen LogP contribution in [0.5, 0.6) is 5.75 Å². The van der Waals surface area contributed by atoms with Gasteiger partial charge in [-0.2, -0.15) is 5.10 Å². The number of ether oxygens (including phenoxy) is 1. The van der Waals surface area contributed by atoms with E-state index in [0.717, 1.165) is 12.8 Å². The van der Waals surface area contributed by atoms with E-state index in [0.29, 0.717) is 11.3 Å². The van der Waals surface area contributed by atoms with Crippen molar-refractivity contribution in [1.29, 1.82) is 0 Å². The molecule has 0 aliphatic heterocycles. The SMILES string of the molecule is COc1ccc(S(=O)(=O)NC2CC2)cc1NC(=O)c1cnn(C)c1. The van der Waals surface area contributed by atoms with Crippen LogP contribution in [0.25, 0.3) is 0 Å². The van der Waals surface area contributed by atoms with Gasteiger partial charge in [0, 0.05) is 19.3 Å². The number of rotatable bonds is 6. The Hall–Kier alpha value is -2.39. The van der Waals surface area contributed by atoms with Crippen LogP contribution in [0.4, 0.5) is 5.69 Å². The number of hydrogen-bond donors (Lipinski definition) is 2. The first-order valence-electron chi connectivity index (χ1n) is 7.39. The van der Waals surface area contributed by atoms with Gasteiger partial charge in [-0.1, -0.05) is 0 Å². The Morgan fingerprint density at radius 3 is 2.71 bits per heavy atom. The van der Waals surface area contributed by atoms with E-state index < -0.39 is 15.9 Å². The predicted molar refractivity (Wildman–Crippen MR) is 87.5 cm³/mol. The zero-order valence-electron chi connectivity index (χ0n) is 13.3. The summed E-state index contributed by atoms with van der Waals surface area (Å²) in [5, 5.41) is 6.60. The van der Waals surface area contributed by atoms with E-state index in [-0.39, 0.29) is 16.6 Å². The molecule has 128 valence electrons. The lowest BCUT2D eigenvalue weighted by Crippen LogP contribution is -2.25. The van der Waals surface area contributed by atoms with E-state index in [1.54, 1.807) is 13.2 Å². The number of nitrogens with zero attached hydrogens (tertiary/aromatic N) is 2. The molecule has 1 aromatic heterocycles. The van der Waals surface area contributed by atoms with Gasteiger partial charge in [-0.05, 0) is 31.0 Å². The molecule has 3 rings (SSSR count). The van der Waals surface area contributed by atoms with E-state index in [1.807, 2.05) is 0 Å². The van der Waals surface area contributed by atoms with E-state index in [9.17, 15) is 13.2 Å². The number of amides is 1. The molecule has 0 atom stereocenters. The maximum absolute atomic E-state index is 12.3. The number of sulfonamides is 1. The van der Waals surface area contributed by atoms with Gasteiger partial charge in [0.15, 0.2) is 0 Å². The van der Waals surface area contributed by atoms with E-state index in [2.05, 4.69) is 15.1 Å². The van der Waals surface area contributed by atoms with Crippen LogP contribution in [0.15, 0.2) is 35.5 Å². The number of methoxy groups -OCH3 is 1. The Morgan fingerprint density at radius 1 is 1.38 bits per heavy atom.